The van der Waals surface area contributed by atoms with E-state index in [9.17, 15) is 0 Å². The highest BCUT2D eigenvalue weighted by molar-refractivity contribution is 5.88. The number of aromatic amines is 1. The van der Waals surface area contributed by atoms with E-state index in [0.717, 1.165) is 31.8 Å². The SMILES string of the molecule is CCc1nccn1CC(C)NCCc1c(C)[nH]c2c(C)c(C)ccc12. The Bertz CT molecular complexity index is 856. The number of hydrogen-bond donors (Lipinski definition) is 2. The Morgan fingerprint density at radius 1 is 1.24 bits per heavy atom. The van der Waals surface area contributed by atoms with Crippen LogP contribution in [-0.2, 0) is 19.4 Å². The van der Waals surface area contributed by atoms with Crippen LogP contribution in [0, 0.1) is 20.8 Å². The van der Waals surface area contributed by atoms with Crippen LogP contribution in [0.3, 0.4) is 0 Å². The molecule has 3 aromatic rings. The Labute approximate surface area is 150 Å². The van der Waals surface area contributed by atoms with Crippen molar-refractivity contribution in [3.05, 3.63) is 52.7 Å². The van der Waals surface area contributed by atoms with E-state index in [-0.39, 0.29) is 0 Å². The van der Waals surface area contributed by atoms with Crippen LogP contribution in [0.25, 0.3) is 10.9 Å². The zero-order chi connectivity index (χ0) is 18.0. The average molecular weight is 338 g/mol. The first-order valence-electron chi connectivity index (χ1n) is 9.32. The molecule has 4 heteroatoms. The standard InChI is InChI=1S/C21H30N4/c1-6-20-23-11-12-25(20)13-15(3)22-10-9-18-17(5)24-21-16(4)14(2)7-8-19(18)21/h7-8,11-12,15,22,24H,6,9-10,13H2,1-5H3. The van der Waals surface area contributed by atoms with Crippen molar-refractivity contribution in [1.82, 2.24) is 19.9 Å². The summed E-state index contributed by atoms with van der Waals surface area (Å²) in [5.41, 5.74) is 6.74. The Morgan fingerprint density at radius 3 is 2.80 bits per heavy atom. The minimum atomic E-state index is 0.425. The zero-order valence-corrected chi connectivity index (χ0v) is 16.1. The number of fused-ring (bicyclic) bond motifs is 1. The van der Waals surface area contributed by atoms with Crippen LogP contribution in [0.1, 0.15) is 42.1 Å². The summed E-state index contributed by atoms with van der Waals surface area (Å²) in [4.78, 5) is 7.99. The summed E-state index contributed by atoms with van der Waals surface area (Å²) in [5, 5.41) is 5.04. The van der Waals surface area contributed by atoms with Gasteiger partial charge in [0.2, 0.25) is 0 Å². The van der Waals surface area contributed by atoms with E-state index in [4.69, 9.17) is 0 Å². The number of H-pyrrole nitrogens is 1. The molecule has 1 unspecified atom stereocenters. The fraction of sp³-hybridized carbons (Fsp3) is 0.476. The van der Waals surface area contributed by atoms with Crippen molar-refractivity contribution in [2.45, 2.75) is 60.0 Å². The van der Waals surface area contributed by atoms with Crippen molar-refractivity contribution in [2.24, 2.45) is 0 Å². The van der Waals surface area contributed by atoms with Crippen molar-refractivity contribution in [2.75, 3.05) is 6.54 Å². The molecule has 134 valence electrons. The molecule has 0 amide bonds. The molecule has 0 saturated heterocycles. The van der Waals surface area contributed by atoms with Gasteiger partial charge in [-0.2, -0.15) is 0 Å². The summed E-state index contributed by atoms with van der Waals surface area (Å²) >= 11 is 0. The summed E-state index contributed by atoms with van der Waals surface area (Å²) in [5.74, 6) is 1.16. The fourth-order valence-corrected chi connectivity index (χ4v) is 3.64. The highest BCUT2D eigenvalue weighted by Gasteiger charge is 2.12. The predicted molar refractivity (Wildman–Crippen MR) is 105 cm³/mol. The van der Waals surface area contributed by atoms with Crippen molar-refractivity contribution < 1.29 is 0 Å². The van der Waals surface area contributed by atoms with Crippen LogP contribution in [0.4, 0.5) is 0 Å². The first kappa shape index (κ1) is 17.7. The Hall–Kier alpha value is -2.07. The number of aromatic nitrogens is 3. The highest BCUT2D eigenvalue weighted by Crippen LogP contribution is 2.26. The lowest BCUT2D eigenvalue weighted by molar-refractivity contribution is 0.471. The molecule has 0 radical (unpaired) electrons. The summed E-state index contributed by atoms with van der Waals surface area (Å²) in [6.45, 7) is 12.9. The number of nitrogens with zero attached hydrogens (tertiary/aromatic N) is 2. The first-order valence-corrected chi connectivity index (χ1v) is 9.32. The van der Waals surface area contributed by atoms with Gasteiger partial charge in [0.1, 0.15) is 5.82 Å². The van der Waals surface area contributed by atoms with Gasteiger partial charge in [0.25, 0.3) is 0 Å². The molecule has 0 aliphatic rings. The third-order valence-corrected chi connectivity index (χ3v) is 5.28. The van der Waals surface area contributed by atoms with Gasteiger partial charge >= 0.3 is 0 Å². The van der Waals surface area contributed by atoms with Crippen LogP contribution in [-0.4, -0.2) is 27.1 Å². The van der Waals surface area contributed by atoms with E-state index >= 15 is 0 Å². The molecule has 0 aliphatic carbocycles. The second-order valence-electron chi connectivity index (χ2n) is 7.11. The van der Waals surface area contributed by atoms with Crippen molar-refractivity contribution in [1.29, 1.82) is 0 Å². The van der Waals surface area contributed by atoms with Gasteiger partial charge in [-0.3, -0.25) is 0 Å². The van der Waals surface area contributed by atoms with Crippen LogP contribution < -0.4 is 5.32 Å². The molecule has 2 aromatic heterocycles. The number of nitrogens with one attached hydrogen (secondary N) is 2. The minimum Gasteiger partial charge on any atom is -0.358 e. The summed E-state index contributed by atoms with van der Waals surface area (Å²) in [6.07, 6.45) is 5.99. The molecule has 25 heavy (non-hydrogen) atoms. The Kier molecular flexibility index (Phi) is 5.28. The summed E-state index contributed by atoms with van der Waals surface area (Å²) in [7, 11) is 0. The van der Waals surface area contributed by atoms with Gasteiger partial charge in [-0.1, -0.05) is 19.1 Å². The van der Waals surface area contributed by atoms with E-state index in [1.165, 1.54) is 33.3 Å². The molecule has 0 bridgehead atoms. The molecule has 0 saturated carbocycles. The van der Waals surface area contributed by atoms with E-state index < -0.39 is 0 Å². The van der Waals surface area contributed by atoms with Gasteiger partial charge < -0.3 is 14.9 Å². The summed E-state index contributed by atoms with van der Waals surface area (Å²) < 4.78 is 2.25. The molecule has 0 aliphatic heterocycles. The van der Waals surface area contributed by atoms with Gasteiger partial charge in [0, 0.05) is 48.0 Å². The summed E-state index contributed by atoms with van der Waals surface area (Å²) in [6, 6.07) is 4.92. The molecular formula is C21H30N4. The van der Waals surface area contributed by atoms with Crippen molar-refractivity contribution in [3.8, 4) is 0 Å². The third-order valence-electron chi connectivity index (χ3n) is 5.28. The number of aryl methyl sites for hydroxylation is 4. The van der Waals surface area contributed by atoms with E-state index in [1.54, 1.807) is 0 Å². The smallest absolute Gasteiger partial charge is 0.108 e. The predicted octanol–water partition coefficient (Wildman–Crippen LogP) is 4.07. The lowest BCUT2D eigenvalue weighted by atomic mass is 10.0. The maximum atomic E-state index is 4.40. The topological polar surface area (TPSA) is 45.6 Å². The van der Waals surface area contributed by atoms with Crippen LogP contribution in [0.15, 0.2) is 24.5 Å². The van der Waals surface area contributed by atoms with E-state index in [1.807, 2.05) is 6.20 Å². The largest absolute Gasteiger partial charge is 0.358 e. The van der Waals surface area contributed by atoms with Crippen LogP contribution in [0.5, 0.6) is 0 Å². The van der Waals surface area contributed by atoms with Gasteiger partial charge in [-0.25, -0.2) is 4.98 Å². The maximum Gasteiger partial charge on any atom is 0.108 e. The lowest BCUT2D eigenvalue weighted by Crippen LogP contribution is -2.32. The molecule has 1 aromatic carbocycles. The van der Waals surface area contributed by atoms with Crippen molar-refractivity contribution >= 4 is 10.9 Å². The second kappa shape index (κ2) is 7.44. The normalized spacial score (nSPS) is 12.8. The van der Waals surface area contributed by atoms with Crippen LogP contribution in [0.2, 0.25) is 0 Å². The molecule has 3 rings (SSSR count). The molecule has 4 nitrogen and oxygen atoms in total. The van der Waals surface area contributed by atoms with Gasteiger partial charge in [-0.15, -0.1) is 0 Å². The first-order chi connectivity index (χ1) is 12.0. The quantitative estimate of drug-likeness (QED) is 0.682. The Morgan fingerprint density at radius 2 is 2.04 bits per heavy atom. The number of hydrogen-bond acceptors (Lipinski definition) is 2. The van der Waals surface area contributed by atoms with Gasteiger partial charge in [0.05, 0.1) is 0 Å². The Balaban J connectivity index is 1.63. The fourth-order valence-electron chi connectivity index (χ4n) is 3.64. The number of benzene rings is 1. The van der Waals surface area contributed by atoms with Crippen LogP contribution >= 0.6 is 0 Å². The molecule has 2 heterocycles. The molecule has 0 fully saturated rings. The van der Waals surface area contributed by atoms with Crippen molar-refractivity contribution in [3.63, 3.8) is 0 Å². The molecule has 2 N–H and O–H groups in total. The molecule has 0 spiro atoms. The number of imidazole rings is 1. The van der Waals surface area contributed by atoms with E-state index in [2.05, 4.69) is 72.8 Å². The third kappa shape index (κ3) is 3.64. The highest BCUT2D eigenvalue weighted by atomic mass is 15.1. The minimum absolute atomic E-state index is 0.425. The lowest BCUT2D eigenvalue weighted by Gasteiger charge is -2.16. The molecule has 1 atom stereocenters. The second-order valence-corrected chi connectivity index (χ2v) is 7.11. The maximum absolute atomic E-state index is 4.40. The van der Waals surface area contributed by atoms with Gasteiger partial charge in [-0.05, 0) is 57.4 Å². The zero-order valence-electron chi connectivity index (χ0n) is 16.1. The average Bonchev–Trinajstić information content (AvgIpc) is 3.16. The van der Waals surface area contributed by atoms with Gasteiger partial charge in [0.15, 0.2) is 0 Å². The number of rotatable bonds is 7. The monoisotopic (exact) mass is 338 g/mol. The van der Waals surface area contributed by atoms with E-state index in [0.29, 0.717) is 6.04 Å². The molecular weight excluding hydrogens is 308 g/mol.